The average Bonchev–Trinajstić information content (AvgIpc) is 3.66. The molecule has 3 aliphatic rings. The Kier molecular flexibility index (Phi) is 10.3. The van der Waals surface area contributed by atoms with E-state index in [1.165, 1.54) is 11.0 Å². The van der Waals surface area contributed by atoms with Crippen LogP contribution in [0.1, 0.15) is 74.1 Å². The molecular formula is C31H45N3O6S. The zero-order valence-electron chi connectivity index (χ0n) is 25.1. The number of carboxylic acids is 1. The van der Waals surface area contributed by atoms with E-state index in [0.717, 1.165) is 23.3 Å². The Labute approximate surface area is 248 Å². The molecule has 6 atom stereocenters. The molecule has 0 bridgehead atoms. The molecule has 41 heavy (non-hydrogen) atoms. The lowest BCUT2D eigenvalue weighted by Crippen LogP contribution is -2.66. The number of carbonyl (C=O) groups excluding carboxylic acids is 3. The van der Waals surface area contributed by atoms with Crippen molar-refractivity contribution in [3.05, 3.63) is 46.9 Å². The number of amides is 3. The third kappa shape index (κ3) is 7.33. The highest BCUT2D eigenvalue weighted by molar-refractivity contribution is 7.84. The first kappa shape index (κ1) is 32.7. The third-order valence-electron chi connectivity index (χ3n) is 8.52. The van der Waals surface area contributed by atoms with Gasteiger partial charge in [-0.15, -0.1) is 12.6 Å². The van der Waals surface area contributed by atoms with Crippen LogP contribution in [-0.4, -0.2) is 63.7 Å². The van der Waals surface area contributed by atoms with Crippen molar-refractivity contribution in [2.45, 2.75) is 104 Å². The van der Waals surface area contributed by atoms with Crippen LogP contribution in [0, 0.1) is 17.3 Å². The largest absolute Gasteiger partial charge is 0.480 e. The summed E-state index contributed by atoms with van der Waals surface area (Å²) < 4.78 is 5.95. The van der Waals surface area contributed by atoms with E-state index in [9.17, 15) is 24.3 Å². The number of nitrogens with zero attached hydrogens (tertiary/aromatic N) is 1. The first-order chi connectivity index (χ1) is 19.1. The lowest BCUT2D eigenvalue weighted by Gasteiger charge is -2.46. The summed E-state index contributed by atoms with van der Waals surface area (Å²) in [6, 6.07) is -1.88. The van der Waals surface area contributed by atoms with Gasteiger partial charge in [-0.2, -0.15) is 0 Å². The van der Waals surface area contributed by atoms with Crippen molar-refractivity contribution < 1.29 is 29.0 Å². The van der Waals surface area contributed by atoms with E-state index in [0.29, 0.717) is 6.42 Å². The van der Waals surface area contributed by atoms with E-state index in [1.54, 1.807) is 33.8 Å². The Balaban J connectivity index is 1.64. The van der Waals surface area contributed by atoms with Crippen molar-refractivity contribution in [2.24, 2.45) is 17.3 Å². The number of hydrogen-bond donors (Lipinski definition) is 4. The molecule has 9 nitrogen and oxygen atoms in total. The molecule has 3 N–H and O–H groups in total. The van der Waals surface area contributed by atoms with Crippen LogP contribution in [0.4, 0.5) is 0 Å². The normalized spacial score (nSPS) is 27.7. The van der Waals surface area contributed by atoms with Crippen molar-refractivity contribution in [1.29, 1.82) is 0 Å². The number of thiol groups is 1. The minimum absolute atomic E-state index is 0.0498. The number of allylic oxidation sites excluding steroid dienone is 5. The summed E-state index contributed by atoms with van der Waals surface area (Å²) in [7, 11) is 0. The smallest absolute Gasteiger partial charge is 0.326 e. The van der Waals surface area contributed by atoms with Crippen LogP contribution in [0.3, 0.4) is 0 Å². The van der Waals surface area contributed by atoms with Gasteiger partial charge in [0.15, 0.2) is 0 Å². The van der Waals surface area contributed by atoms with Gasteiger partial charge < -0.3 is 25.4 Å². The van der Waals surface area contributed by atoms with Gasteiger partial charge in [0, 0.05) is 0 Å². The second-order valence-corrected chi connectivity index (χ2v) is 13.0. The average molecular weight is 588 g/mol. The number of carboxylic acid groups (broad SMARTS) is 1. The number of aliphatic carboxylic acids is 1. The molecule has 226 valence electrons. The molecule has 3 amide bonds. The fourth-order valence-corrected chi connectivity index (χ4v) is 5.64. The standard InChI is InChI=1S/C31H45N3O6S/c1-18(2)17-23(28(37)38)32-29(39)30(5,6)31(7)33-27(36)20(4)34(31)24(35)14-9-8-11-19(3)25-26(40-25)21-12-10-13-22(41)16-15-21/h9-10,12,14-16,18-20,23,25-26,41H,8,11,13,17H2,1-7H3,(H,32,39)(H,33,36)(H,37,38)/b14-9+/t19-,20+,23-,25?,26?,31?/m0/s1. The van der Waals surface area contributed by atoms with Gasteiger partial charge in [0.25, 0.3) is 0 Å². The van der Waals surface area contributed by atoms with Gasteiger partial charge in [0.05, 0.1) is 11.5 Å². The lowest BCUT2D eigenvalue weighted by atomic mass is 9.77. The van der Waals surface area contributed by atoms with Crippen LogP contribution in [0.25, 0.3) is 0 Å². The Hall–Kier alpha value is -2.85. The molecule has 2 saturated heterocycles. The maximum absolute atomic E-state index is 13.4. The summed E-state index contributed by atoms with van der Waals surface area (Å²) in [4.78, 5) is 53.8. The van der Waals surface area contributed by atoms with E-state index in [2.05, 4.69) is 48.4 Å². The molecule has 1 aliphatic carbocycles. The van der Waals surface area contributed by atoms with Crippen molar-refractivity contribution >= 4 is 36.3 Å². The second-order valence-electron chi connectivity index (χ2n) is 12.5. The quantitative estimate of drug-likeness (QED) is 0.154. The van der Waals surface area contributed by atoms with Gasteiger partial charge in [0.2, 0.25) is 17.7 Å². The minimum atomic E-state index is -1.38. The minimum Gasteiger partial charge on any atom is -0.480 e. The third-order valence-corrected chi connectivity index (χ3v) is 8.85. The van der Waals surface area contributed by atoms with Crippen LogP contribution < -0.4 is 10.6 Å². The number of carbonyl (C=O) groups is 4. The second kappa shape index (κ2) is 13.0. The maximum Gasteiger partial charge on any atom is 0.326 e. The van der Waals surface area contributed by atoms with Gasteiger partial charge in [-0.1, -0.05) is 51.2 Å². The molecule has 0 aromatic carbocycles. The molecule has 3 unspecified atom stereocenters. The first-order valence-electron chi connectivity index (χ1n) is 14.4. The summed E-state index contributed by atoms with van der Waals surface area (Å²) in [5.41, 5.74) is -1.57. The van der Waals surface area contributed by atoms with Gasteiger partial charge in [-0.3, -0.25) is 14.4 Å². The SMILES string of the molecule is CC(C)C[C@H](NC(=O)C(C)(C)C1(C)NC(=O)[C@@H](C)N1C(=O)/C=C/CC[C@H](C)C1OC1C1=CC=C(S)CC=C1)C(=O)O. The summed E-state index contributed by atoms with van der Waals surface area (Å²) in [5, 5.41) is 15.1. The highest BCUT2D eigenvalue weighted by Crippen LogP contribution is 2.40. The van der Waals surface area contributed by atoms with E-state index < -0.39 is 40.9 Å². The lowest BCUT2D eigenvalue weighted by molar-refractivity contribution is -0.151. The topological polar surface area (TPSA) is 128 Å². The molecular weight excluding hydrogens is 542 g/mol. The van der Waals surface area contributed by atoms with Crippen LogP contribution in [0.2, 0.25) is 0 Å². The van der Waals surface area contributed by atoms with Crippen LogP contribution in [0.15, 0.2) is 46.9 Å². The number of hydrogen-bond acceptors (Lipinski definition) is 6. The van der Waals surface area contributed by atoms with Gasteiger partial charge >= 0.3 is 5.97 Å². The Morgan fingerprint density at radius 1 is 1.29 bits per heavy atom. The summed E-state index contributed by atoms with van der Waals surface area (Å²) in [5.74, 6) is -2.13. The van der Waals surface area contributed by atoms with Crippen LogP contribution in [-0.2, 0) is 23.9 Å². The fraction of sp³-hybridized carbons (Fsp3) is 0.613. The number of epoxide rings is 1. The fourth-order valence-electron chi connectivity index (χ4n) is 5.46. The maximum atomic E-state index is 13.4. The monoisotopic (exact) mass is 587 g/mol. The van der Waals surface area contributed by atoms with E-state index in [-0.39, 0.29) is 36.4 Å². The number of nitrogens with one attached hydrogen (secondary N) is 2. The molecule has 0 aromatic heterocycles. The molecule has 2 heterocycles. The Morgan fingerprint density at radius 2 is 1.98 bits per heavy atom. The van der Waals surface area contributed by atoms with Crippen molar-refractivity contribution in [1.82, 2.24) is 15.5 Å². The van der Waals surface area contributed by atoms with Crippen LogP contribution in [0.5, 0.6) is 0 Å². The highest BCUT2D eigenvalue weighted by Gasteiger charge is 2.59. The molecule has 0 saturated carbocycles. The van der Waals surface area contributed by atoms with Gasteiger partial charge in [-0.25, -0.2) is 4.79 Å². The number of rotatable bonds is 12. The molecule has 3 rings (SSSR count). The van der Waals surface area contributed by atoms with E-state index >= 15 is 0 Å². The predicted octanol–water partition coefficient (Wildman–Crippen LogP) is 4.13. The summed E-state index contributed by atoms with van der Waals surface area (Å²) >= 11 is 4.43. The molecule has 2 aliphatic heterocycles. The predicted molar refractivity (Wildman–Crippen MR) is 161 cm³/mol. The molecule has 0 aromatic rings. The molecule has 0 radical (unpaired) electrons. The molecule has 10 heteroatoms. The molecule has 0 spiro atoms. The first-order valence-corrected chi connectivity index (χ1v) is 14.8. The Bertz CT molecular complexity index is 1170. The number of ether oxygens (including phenoxy) is 1. The van der Waals surface area contributed by atoms with Gasteiger partial charge in [-0.05, 0) is 81.8 Å². The highest BCUT2D eigenvalue weighted by atomic mass is 32.1. The van der Waals surface area contributed by atoms with E-state index in [1.807, 2.05) is 19.9 Å². The van der Waals surface area contributed by atoms with Crippen molar-refractivity contribution in [3.63, 3.8) is 0 Å². The Morgan fingerprint density at radius 3 is 2.61 bits per heavy atom. The summed E-state index contributed by atoms with van der Waals surface area (Å²) in [6.45, 7) is 12.4. The van der Waals surface area contributed by atoms with Crippen LogP contribution >= 0.6 is 12.6 Å². The zero-order chi connectivity index (χ0) is 30.7. The van der Waals surface area contributed by atoms with Crippen molar-refractivity contribution in [2.75, 3.05) is 0 Å². The van der Waals surface area contributed by atoms with Crippen molar-refractivity contribution in [3.8, 4) is 0 Å². The van der Waals surface area contributed by atoms with Gasteiger partial charge in [0.1, 0.15) is 23.9 Å². The van der Waals surface area contributed by atoms with E-state index in [4.69, 9.17) is 4.74 Å². The zero-order valence-corrected chi connectivity index (χ0v) is 26.0. The summed E-state index contributed by atoms with van der Waals surface area (Å²) in [6.07, 6.45) is 14.2. The molecule has 2 fully saturated rings.